The van der Waals surface area contributed by atoms with Crippen LogP contribution in [0.15, 0.2) is 23.8 Å². The molecule has 1 aromatic rings. The largest absolute Gasteiger partial charge is 0.507 e. The number of carboxylic acid groups (broad SMARTS) is 1. The summed E-state index contributed by atoms with van der Waals surface area (Å²) in [5.41, 5.74) is 3.20. The van der Waals surface area contributed by atoms with Gasteiger partial charge in [0.1, 0.15) is 11.5 Å². The third-order valence-electron chi connectivity index (χ3n) is 5.08. The molecule has 3 atom stereocenters. The Balaban J connectivity index is 1.90. The van der Waals surface area contributed by atoms with Crippen LogP contribution in [0.3, 0.4) is 0 Å². The zero-order valence-corrected chi connectivity index (χ0v) is 13.7. The summed E-state index contributed by atoms with van der Waals surface area (Å²) in [4.78, 5) is 10.6. The molecule has 1 heterocycles. The van der Waals surface area contributed by atoms with Gasteiger partial charge >= 0.3 is 5.97 Å². The number of rotatable bonds is 4. The molecule has 2 N–H and O–H groups in total. The number of phenolic OH excluding ortho intramolecular Hbond substituents is 1. The Morgan fingerprint density at radius 2 is 2.17 bits per heavy atom. The summed E-state index contributed by atoms with van der Waals surface area (Å²) >= 11 is 0. The van der Waals surface area contributed by atoms with Gasteiger partial charge in [-0.1, -0.05) is 11.6 Å². The molecule has 4 heteroatoms. The minimum Gasteiger partial charge on any atom is -0.507 e. The van der Waals surface area contributed by atoms with Crippen molar-refractivity contribution in [2.24, 2.45) is 5.92 Å². The van der Waals surface area contributed by atoms with Crippen molar-refractivity contribution >= 4 is 5.97 Å². The number of carboxylic acids is 1. The standard InChI is InChI=1S/C19H24O4/c1-11-6-7-14-12(2)23-17-10-13(4-3-5-18(21)22)9-16(20)19(17)15(14)8-11/h8-10,12,14-15,20H,3-7H2,1-2H3,(H,21,22)/t12?,14-,15+/m0/s1. The van der Waals surface area contributed by atoms with Crippen molar-refractivity contribution < 1.29 is 19.7 Å². The first-order chi connectivity index (χ1) is 11.0. The predicted octanol–water partition coefficient (Wildman–Crippen LogP) is 4.02. The highest BCUT2D eigenvalue weighted by Gasteiger charge is 2.38. The fourth-order valence-corrected chi connectivity index (χ4v) is 3.89. The van der Waals surface area contributed by atoms with Gasteiger partial charge in [0, 0.05) is 23.8 Å². The zero-order chi connectivity index (χ0) is 16.6. The molecule has 0 saturated carbocycles. The van der Waals surface area contributed by atoms with Gasteiger partial charge in [0.25, 0.3) is 0 Å². The first-order valence-corrected chi connectivity index (χ1v) is 8.37. The molecule has 0 spiro atoms. The third-order valence-corrected chi connectivity index (χ3v) is 5.08. The molecular weight excluding hydrogens is 292 g/mol. The number of hydrogen-bond donors (Lipinski definition) is 2. The second kappa shape index (κ2) is 6.26. The fraction of sp³-hybridized carbons (Fsp3) is 0.526. The number of ether oxygens (including phenoxy) is 1. The van der Waals surface area contributed by atoms with E-state index >= 15 is 0 Å². The molecule has 23 heavy (non-hydrogen) atoms. The molecule has 0 saturated heterocycles. The summed E-state index contributed by atoms with van der Waals surface area (Å²) in [5.74, 6) is 0.879. The molecule has 4 nitrogen and oxygen atoms in total. The van der Waals surface area contributed by atoms with Crippen LogP contribution < -0.4 is 4.74 Å². The Morgan fingerprint density at radius 1 is 1.39 bits per heavy atom. The minimum absolute atomic E-state index is 0.130. The number of fused-ring (bicyclic) bond motifs is 3. The first-order valence-electron chi connectivity index (χ1n) is 8.37. The minimum atomic E-state index is -0.789. The van der Waals surface area contributed by atoms with Crippen LogP contribution in [-0.4, -0.2) is 22.3 Å². The zero-order valence-electron chi connectivity index (χ0n) is 13.7. The molecule has 1 aromatic carbocycles. The molecule has 1 aliphatic carbocycles. The Kier molecular flexibility index (Phi) is 4.33. The van der Waals surface area contributed by atoms with Crippen LogP contribution in [0.5, 0.6) is 11.5 Å². The van der Waals surface area contributed by atoms with Gasteiger partial charge in [0.15, 0.2) is 0 Å². The van der Waals surface area contributed by atoms with Gasteiger partial charge in [0.05, 0.1) is 6.10 Å². The Labute approximate surface area is 136 Å². The highest BCUT2D eigenvalue weighted by Crippen LogP contribution is 2.50. The lowest BCUT2D eigenvalue weighted by Gasteiger charge is -2.40. The maximum atomic E-state index is 10.6. The summed E-state index contributed by atoms with van der Waals surface area (Å²) in [6, 6.07) is 3.75. The number of aromatic hydroxyl groups is 1. The van der Waals surface area contributed by atoms with Gasteiger partial charge in [0.2, 0.25) is 0 Å². The van der Waals surface area contributed by atoms with E-state index in [0.29, 0.717) is 18.8 Å². The number of hydrogen-bond acceptors (Lipinski definition) is 3. The lowest BCUT2D eigenvalue weighted by Crippen LogP contribution is -2.35. The molecule has 0 amide bonds. The van der Waals surface area contributed by atoms with Crippen LogP contribution in [0, 0.1) is 5.92 Å². The number of phenols is 1. The number of carbonyl (C=O) groups is 1. The van der Waals surface area contributed by atoms with Crippen molar-refractivity contribution in [1.82, 2.24) is 0 Å². The number of allylic oxidation sites excluding steroid dienone is 2. The van der Waals surface area contributed by atoms with E-state index in [1.165, 1.54) is 5.57 Å². The summed E-state index contributed by atoms with van der Waals surface area (Å²) in [5, 5.41) is 19.3. The van der Waals surface area contributed by atoms with E-state index in [0.717, 1.165) is 29.7 Å². The maximum absolute atomic E-state index is 10.6. The molecular formula is C19H24O4. The lowest BCUT2D eigenvalue weighted by atomic mass is 9.72. The molecule has 1 unspecified atom stereocenters. The van der Waals surface area contributed by atoms with Gasteiger partial charge in [-0.2, -0.15) is 0 Å². The molecule has 124 valence electrons. The molecule has 0 radical (unpaired) electrons. The second-order valence-electron chi connectivity index (χ2n) is 6.84. The average Bonchev–Trinajstić information content (AvgIpc) is 2.46. The molecule has 0 aromatic heterocycles. The highest BCUT2D eigenvalue weighted by atomic mass is 16.5. The fourth-order valence-electron chi connectivity index (χ4n) is 3.89. The van der Waals surface area contributed by atoms with Crippen LogP contribution >= 0.6 is 0 Å². The van der Waals surface area contributed by atoms with Crippen molar-refractivity contribution in [2.75, 3.05) is 0 Å². The van der Waals surface area contributed by atoms with Crippen LogP contribution in [0.25, 0.3) is 0 Å². The summed E-state index contributed by atoms with van der Waals surface area (Å²) < 4.78 is 6.08. The smallest absolute Gasteiger partial charge is 0.303 e. The Hall–Kier alpha value is -1.97. The number of aryl methyl sites for hydroxylation is 1. The van der Waals surface area contributed by atoms with Gasteiger partial charge in [-0.25, -0.2) is 0 Å². The van der Waals surface area contributed by atoms with E-state index in [2.05, 4.69) is 19.9 Å². The average molecular weight is 316 g/mol. The van der Waals surface area contributed by atoms with Gasteiger partial charge in [-0.3, -0.25) is 4.79 Å². The number of aliphatic carboxylic acids is 1. The van der Waals surface area contributed by atoms with Crippen molar-refractivity contribution in [1.29, 1.82) is 0 Å². The SMILES string of the molecule is CC1=C[C@H]2c3c(O)cc(CCCC(=O)O)cc3OC(C)[C@@H]2CC1. The van der Waals surface area contributed by atoms with Gasteiger partial charge in [-0.05, 0) is 57.2 Å². The third kappa shape index (κ3) is 3.21. The van der Waals surface area contributed by atoms with Crippen LogP contribution in [0.1, 0.15) is 56.6 Å². The summed E-state index contributed by atoms with van der Waals surface area (Å²) in [6.07, 6.45) is 5.93. The normalized spacial score (nSPS) is 25.8. The van der Waals surface area contributed by atoms with Crippen molar-refractivity contribution in [3.63, 3.8) is 0 Å². The predicted molar refractivity (Wildman–Crippen MR) is 88.0 cm³/mol. The quantitative estimate of drug-likeness (QED) is 0.823. The molecule has 1 aliphatic heterocycles. The van der Waals surface area contributed by atoms with E-state index in [1.807, 2.05) is 6.07 Å². The van der Waals surface area contributed by atoms with Crippen molar-refractivity contribution in [3.05, 3.63) is 34.9 Å². The van der Waals surface area contributed by atoms with Crippen molar-refractivity contribution in [3.8, 4) is 11.5 Å². The van der Waals surface area contributed by atoms with E-state index < -0.39 is 5.97 Å². The Bertz CT molecular complexity index is 647. The Morgan fingerprint density at radius 3 is 2.91 bits per heavy atom. The molecule has 0 fully saturated rings. The van der Waals surface area contributed by atoms with E-state index in [1.54, 1.807) is 6.07 Å². The van der Waals surface area contributed by atoms with Crippen LogP contribution in [-0.2, 0) is 11.2 Å². The van der Waals surface area contributed by atoms with Crippen LogP contribution in [0.2, 0.25) is 0 Å². The molecule has 3 rings (SSSR count). The van der Waals surface area contributed by atoms with Crippen LogP contribution in [0.4, 0.5) is 0 Å². The van der Waals surface area contributed by atoms with E-state index in [4.69, 9.17) is 9.84 Å². The summed E-state index contributed by atoms with van der Waals surface area (Å²) in [6.45, 7) is 4.25. The van der Waals surface area contributed by atoms with E-state index in [-0.39, 0.29) is 24.2 Å². The maximum Gasteiger partial charge on any atom is 0.303 e. The second-order valence-corrected chi connectivity index (χ2v) is 6.84. The number of benzene rings is 1. The lowest BCUT2D eigenvalue weighted by molar-refractivity contribution is -0.137. The van der Waals surface area contributed by atoms with E-state index in [9.17, 15) is 9.90 Å². The topological polar surface area (TPSA) is 66.8 Å². The van der Waals surface area contributed by atoms with Crippen molar-refractivity contribution in [2.45, 2.75) is 58.0 Å². The van der Waals surface area contributed by atoms with Gasteiger partial charge < -0.3 is 14.9 Å². The highest BCUT2D eigenvalue weighted by molar-refractivity contribution is 5.66. The summed E-state index contributed by atoms with van der Waals surface area (Å²) in [7, 11) is 0. The van der Waals surface area contributed by atoms with Gasteiger partial charge in [-0.15, -0.1) is 0 Å². The first kappa shape index (κ1) is 15.9. The molecule has 0 bridgehead atoms. The monoisotopic (exact) mass is 316 g/mol. The molecule has 2 aliphatic rings.